The second-order valence-electron chi connectivity index (χ2n) is 7.88. The summed E-state index contributed by atoms with van der Waals surface area (Å²) in [7, 11) is 5.99. The van der Waals surface area contributed by atoms with Gasteiger partial charge in [-0.05, 0) is 26.3 Å². The highest BCUT2D eigenvalue weighted by atomic mass is 35.5. The average molecular weight is 402 g/mol. The molecule has 0 amide bonds. The number of non-ortho nitro benzene ring substituents is 1. The molecule has 8 nitrogen and oxygen atoms in total. The van der Waals surface area contributed by atoms with Crippen LogP contribution >= 0.6 is 11.6 Å². The lowest BCUT2D eigenvalue weighted by Gasteiger charge is -2.24. The number of hydrogen-bond acceptors (Lipinski definition) is 6. The van der Waals surface area contributed by atoms with Gasteiger partial charge in [-0.1, -0.05) is 11.6 Å². The first-order chi connectivity index (χ1) is 12.3. The summed E-state index contributed by atoms with van der Waals surface area (Å²) in [6.45, 7) is 4.29. The fourth-order valence-electron chi connectivity index (χ4n) is 1.95. The van der Waals surface area contributed by atoms with Crippen LogP contribution in [0.15, 0.2) is 18.2 Å². The Balaban J connectivity index is 2.58. The first-order valence-corrected chi connectivity index (χ1v) is 8.82. The molecule has 0 unspecified atom stereocenters. The van der Waals surface area contributed by atoms with E-state index in [1.807, 2.05) is 21.1 Å². The summed E-state index contributed by atoms with van der Waals surface area (Å²) in [5.74, 6) is -0.930. The van der Waals surface area contributed by atoms with E-state index in [4.69, 9.17) is 21.1 Å². The largest absolute Gasteiger partial charge is 0.460 e. The molecule has 1 rings (SSSR count). The molecule has 0 aromatic heterocycles. The smallest absolute Gasteiger partial charge is 0.316 e. The van der Waals surface area contributed by atoms with Crippen molar-refractivity contribution in [3.05, 3.63) is 33.3 Å². The Bertz CT molecular complexity index is 712. The van der Waals surface area contributed by atoms with Crippen LogP contribution < -0.4 is 4.74 Å². The number of ether oxygens (including phenoxy) is 2. The quantitative estimate of drug-likeness (QED) is 0.207. The van der Waals surface area contributed by atoms with E-state index in [9.17, 15) is 19.7 Å². The normalized spacial score (nSPS) is 11.8. The van der Waals surface area contributed by atoms with Crippen LogP contribution in [0.3, 0.4) is 0 Å². The zero-order chi connectivity index (χ0) is 20.8. The topological polar surface area (TPSA) is 95.7 Å². The number of carbonyl (C=O) groups excluding carboxylic acids is 2. The molecule has 0 aliphatic carbocycles. The predicted molar refractivity (Wildman–Crippen MR) is 101 cm³/mol. The number of quaternary nitrogens is 1. The van der Waals surface area contributed by atoms with E-state index in [0.29, 0.717) is 17.6 Å². The highest BCUT2D eigenvalue weighted by Gasteiger charge is 2.31. The van der Waals surface area contributed by atoms with Gasteiger partial charge in [0.05, 0.1) is 36.5 Å². The van der Waals surface area contributed by atoms with Crippen LogP contribution in [0.4, 0.5) is 5.69 Å². The standard InChI is InChI=1S/C18H26ClN2O6/c1-18(2,9-8-16(22)26-11-10-21(3,4)5)17(23)27-15-7-6-13(20(24)25)12-14(15)19/h6-7,12H,8-11H2,1-5H3/q+1. The van der Waals surface area contributed by atoms with E-state index in [1.54, 1.807) is 13.8 Å². The Morgan fingerprint density at radius 2 is 1.89 bits per heavy atom. The molecular formula is C18H26ClN2O6+. The van der Waals surface area contributed by atoms with Gasteiger partial charge in [0, 0.05) is 18.6 Å². The molecule has 0 atom stereocenters. The summed E-state index contributed by atoms with van der Waals surface area (Å²) in [5, 5.41) is 10.7. The van der Waals surface area contributed by atoms with E-state index in [1.165, 1.54) is 12.1 Å². The number of rotatable bonds is 9. The maximum absolute atomic E-state index is 12.4. The highest BCUT2D eigenvalue weighted by molar-refractivity contribution is 6.32. The first kappa shape index (κ1) is 22.9. The van der Waals surface area contributed by atoms with Crippen molar-refractivity contribution in [2.24, 2.45) is 5.41 Å². The second kappa shape index (κ2) is 9.14. The van der Waals surface area contributed by atoms with Crippen molar-refractivity contribution < 1.29 is 28.5 Å². The number of nitrogens with zero attached hydrogens (tertiary/aromatic N) is 2. The van der Waals surface area contributed by atoms with Crippen molar-refractivity contribution in [2.45, 2.75) is 26.7 Å². The monoisotopic (exact) mass is 401 g/mol. The van der Waals surface area contributed by atoms with Crippen molar-refractivity contribution in [1.82, 2.24) is 0 Å². The van der Waals surface area contributed by atoms with Crippen LogP contribution in [0, 0.1) is 15.5 Å². The van der Waals surface area contributed by atoms with Crippen molar-refractivity contribution in [3.63, 3.8) is 0 Å². The lowest BCUT2D eigenvalue weighted by molar-refractivity contribution is -0.870. The molecule has 0 heterocycles. The van der Waals surface area contributed by atoms with Gasteiger partial charge in [-0.2, -0.15) is 0 Å². The van der Waals surface area contributed by atoms with Crippen molar-refractivity contribution in [2.75, 3.05) is 34.3 Å². The van der Waals surface area contributed by atoms with Gasteiger partial charge in [-0.15, -0.1) is 0 Å². The molecule has 150 valence electrons. The summed E-state index contributed by atoms with van der Waals surface area (Å²) < 4.78 is 11.1. The Morgan fingerprint density at radius 3 is 2.41 bits per heavy atom. The van der Waals surface area contributed by atoms with Crippen molar-refractivity contribution in [1.29, 1.82) is 0 Å². The average Bonchev–Trinajstić information content (AvgIpc) is 2.53. The van der Waals surface area contributed by atoms with Gasteiger partial charge in [0.2, 0.25) is 0 Å². The number of nitro benzene ring substituents is 1. The van der Waals surface area contributed by atoms with Crippen LogP contribution in [0.2, 0.25) is 5.02 Å². The highest BCUT2D eigenvalue weighted by Crippen LogP contribution is 2.32. The van der Waals surface area contributed by atoms with Crippen molar-refractivity contribution >= 4 is 29.2 Å². The van der Waals surface area contributed by atoms with Gasteiger partial charge >= 0.3 is 11.9 Å². The van der Waals surface area contributed by atoms with Crippen LogP contribution in [0.1, 0.15) is 26.7 Å². The summed E-state index contributed by atoms with van der Waals surface area (Å²) in [5.41, 5.74) is -1.15. The number of esters is 2. The molecular weight excluding hydrogens is 376 g/mol. The zero-order valence-corrected chi connectivity index (χ0v) is 17.0. The summed E-state index contributed by atoms with van der Waals surface area (Å²) in [4.78, 5) is 34.4. The maximum atomic E-state index is 12.4. The molecule has 9 heteroatoms. The van der Waals surface area contributed by atoms with Crippen LogP contribution in [0.25, 0.3) is 0 Å². The fourth-order valence-corrected chi connectivity index (χ4v) is 2.16. The minimum atomic E-state index is -0.954. The predicted octanol–water partition coefficient (Wildman–Crippen LogP) is 3.21. The van der Waals surface area contributed by atoms with Gasteiger partial charge in [0.15, 0.2) is 0 Å². The fraction of sp³-hybridized carbons (Fsp3) is 0.556. The van der Waals surface area contributed by atoms with E-state index in [0.717, 1.165) is 6.07 Å². The number of hydrogen-bond donors (Lipinski definition) is 0. The lowest BCUT2D eigenvalue weighted by atomic mass is 9.88. The Morgan fingerprint density at radius 1 is 1.26 bits per heavy atom. The molecule has 0 fully saturated rings. The third-order valence-corrected chi connectivity index (χ3v) is 4.16. The molecule has 27 heavy (non-hydrogen) atoms. The Kier molecular flexibility index (Phi) is 7.74. The number of nitro groups is 1. The SMILES string of the molecule is CC(C)(CCC(=O)OCC[N+](C)(C)C)C(=O)Oc1ccc([N+](=O)[O-])cc1Cl. The summed E-state index contributed by atoms with van der Waals surface area (Å²) in [6.07, 6.45) is 0.312. The maximum Gasteiger partial charge on any atom is 0.316 e. The van der Waals surface area contributed by atoms with Crippen LogP contribution in [0.5, 0.6) is 5.75 Å². The first-order valence-electron chi connectivity index (χ1n) is 8.44. The minimum absolute atomic E-state index is 0.0332. The van der Waals surface area contributed by atoms with Gasteiger partial charge in [-0.25, -0.2) is 0 Å². The van der Waals surface area contributed by atoms with E-state index >= 15 is 0 Å². The molecule has 0 saturated heterocycles. The Hall–Kier alpha value is -2.19. The molecule has 0 saturated carbocycles. The second-order valence-corrected chi connectivity index (χ2v) is 8.29. The summed E-state index contributed by atoms with van der Waals surface area (Å²) in [6, 6.07) is 3.59. The van der Waals surface area contributed by atoms with Gasteiger partial charge in [0.25, 0.3) is 5.69 Å². The minimum Gasteiger partial charge on any atom is -0.460 e. The summed E-state index contributed by atoms with van der Waals surface area (Å²) >= 11 is 5.93. The van der Waals surface area contributed by atoms with Crippen LogP contribution in [-0.2, 0) is 14.3 Å². The molecule has 1 aromatic carbocycles. The number of carbonyl (C=O) groups is 2. The van der Waals surface area contributed by atoms with Crippen LogP contribution in [-0.4, -0.2) is 55.6 Å². The molecule has 1 aromatic rings. The number of benzene rings is 1. The Labute approximate surface area is 163 Å². The third-order valence-electron chi connectivity index (χ3n) is 3.86. The molecule has 0 aliphatic rings. The molecule has 0 aliphatic heterocycles. The van der Waals surface area contributed by atoms with Gasteiger partial charge < -0.3 is 14.0 Å². The molecule has 0 N–H and O–H groups in total. The van der Waals surface area contributed by atoms with E-state index in [2.05, 4.69) is 0 Å². The molecule has 0 spiro atoms. The number of halogens is 1. The lowest BCUT2D eigenvalue weighted by Crippen LogP contribution is -2.38. The third kappa shape index (κ3) is 7.92. The molecule has 0 radical (unpaired) electrons. The van der Waals surface area contributed by atoms with Gasteiger partial charge in [0.1, 0.15) is 18.9 Å². The van der Waals surface area contributed by atoms with E-state index < -0.39 is 16.3 Å². The zero-order valence-electron chi connectivity index (χ0n) is 16.3. The van der Waals surface area contributed by atoms with Gasteiger partial charge in [-0.3, -0.25) is 19.7 Å². The van der Waals surface area contributed by atoms with E-state index in [-0.39, 0.29) is 35.3 Å². The van der Waals surface area contributed by atoms with Crippen molar-refractivity contribution in [3.8, 4) is 5.75 Å². The number of likely N-dealkylation sites (N-methyl/N-ethyl adjacent to an activating group) is 1. The molecule has 0 bridgehead atoms.